The third kappa shape index (κ3) is 6.54. The number of aliphatic hydroxyl groups excluding tert-OH is 1. The van der Waals surface area contributed by atoms with E-state index in [1.807, 2.05) is 6.92 Å². The van der Waals surface area contributed by atoms with Crippen molar-refractivity contribution >= 4 is 0 Å². The number of aliphatic hydroxyl groups is 1. The molecule has 24 heavy (non-hydrogen) atoms. The van der Waals surface area contributed by atoms with Crippen LogP contribution in [0.4, 0.5) is 0 Å². The Bertz CT molecular complexity index is 435. The van der Waals surface area contributed by atoms with Crippen molar-refractivity contribution in [3.63, 3.8) is 0 Å². The molecule has 1 saturated carbocycles. The largest absolute Gasteiger partial charge is 0.392 e. The Labute approximate surface area is 148 Å². The van der Waals surface area contributed by atoms with Crippen LogP contribution in [0.1, 0.15) is 57.9 Å². The summed E-state index contributed by atoms with van der Waals surface area (Å²) in [5.41, 5.74) is 1.39. The number of hydrogen-bond donors (Lipinski definition) is 1. The lowest BCUT2D eigenvalue weighted by molar-refractivity contribution is -0.0277. The third-order valence-electron chi connectivity index (χ3n) is 5.08. The zero-order valence-electron chi connectivity index (χ0n) is 15.5. The number of aryl methyl sites for hydroxylation is 1. The van der Waals surface area contributed by atoms with Crippen LogP contribution in [0.3, 0.4) is 0 Å². The third-order valence-corrected chi connectivity index (χ3v) is 5.08. The normalized spacial score (nSPS) is 23.2. The van der Waals surface area contributed by atoms with Gasteiger partial charge in [-0.15, -0.1) is 0 Å². The van der Waals surface area contributed by atoms with Crippen molar-refractivity contribution in [3.8, 4) is 0 Å². The highest BCUT2D eigenvalue weighted by Gasteiger charge is 2.29. The fourth-order valence-electron chi connectivity index (χ4n) is 3.86. The smallest absolute Gasteiger partial charge is 0.0730 e. The van der Waals surface area contributed by atoms with Gasteiger partial charge in [0.05, 0.1) is 12.2 Å². The molecule has 3 heteroatoms. The molecule has 136 valence electrons. The Morgan fingerprint density at radius 2 is 1.92 bits per heavy atom. The lowest BCUT2D eigenvalue weighted by Crippen LogP contribution is -2.47. The topological polar surface area (TPSA) is 32.7 Å². The van der Waals surface area contributed by atoms with Gasteiger partial charge in [0.25, 0.3) is 0 Å². The van der Waals surface area contributed by atoms with E-state index < -0.39 is 0 Å². The van der Waals surface area contributed by atoms with Gasteiger partial charge in [0.2, 0.25) is 0 Å². The highest BCUT2D eigenvalue weighted by atomic mass is 16.5. The molecule has 1 aromatic carbocycles. The molecule has 0 saturated heterocycles. The fraction of sp³-hybridized carbons (Fsp3) is 0.714. The van der Waals surface area contributed by atoms with E-state index in [0.29, 0.717) is 12.1 Å². The quantitative estimate of drug-likeness (QED) is 0.547. The summed E-state index contributed by atoms with van der Waals surface area (Å²) in [5.74, 6) is 0. The van der Waals surface area contributed by atoms with E-state index >= 15 is 0 Å². The molecule has 1 aliphatic rings. The van der Waals surface area contributed by atoms with Crippen LogP contribution in [-0.2, 0) is 11.2 Å². The predicted molar refractivity (Wildman–Crippen MR) is 100 cm³/mol. The van der Waals surface area contributed by atoms with Gasteiger partial charge in [0.15, 0.2) is 0 Å². The molecule has 0 radical (unpaired) electrons. The second kappa shape index (κ2) is 10.9. The molecule has 1 aromatic rings. The predicted octanol–water partition coefficient (Wildman–Crippen LogP) is 4.04. The standard InChI is InChI=1S/C21H35NO2/c1-3-22(17-18(2)23)20-14-8-5-9-15-21(20)24-16-10-13-19-11-6-4-7-12-19/h4,6-7,11-12,18,20-21,23H,3,5,8-10,13-17H2,1-2H3/t18-,20-,21-/m1/s1. The fourth-order valence-corrected chi connectivity index (χ4v) is 3.86. The molecule has 1 N–H and O–H groups in total. The number of ether oxygens (including phenoxy) is 1. The number of rotatable bonds is 9. The summed E-state index contributed by atoms with van der Waals surface area (Å²) >= 11 is 0. The highest BCUT2D eigenvalue weighted by molar-refractivity contribution is 5.14. The molecule has 1 fully saturated rings. The van der Waals surface area contributed by atoms with Gasteiger partial charge in [-0.25, -0.2) is 0 Å². The van der Waals surface area contributed by atoms with E-state index in [9.17, 15) is 5.11 Å². The molecular formula is C21H35NO2. The minimum atomic E-state index is -0.271. The van der Waals surface area contributed by atoms with E-state index in [2.05, 4.69) is 42.2 Å². The van der Waals surface area contributed by atoms with E-state index in [-0.39, 0.29) is 6.10 Å². The first-order chi connectivity index (χ1) is 11.7. The van der Waals surface area contributed by atoms with Crippen molar-refractivity contribution in [2.75, 3.05) is 19.7 Å². The van der Waals surface area contributed by atoms with E-state index in [0.717, 1.165) is 39.0 Å². The molecule has 2 rings (SSSR count). The molecule has 0 amide bonds. The van der Waals surface area contributed by atoms with Crippen LogP contribution >= 0.6 is 0 Å². The molecule has 1 aliphatic carbocycles. The second-order valence-electron chi connectivity index (χ2n) is 7.14. The van der Waals surface area contributed by atoms with Crippen LogP contribution in [0.25, 0.3) is 0 Å². The van der Waals surface area contributed by atoms with Gasteiger partial charge in [-0.05, 0) is 44.7 Å². The molecule has 0 bridgehead atoms. The van der Waals surface area contributed by atoms with E-state index in [4.69, 9.17) is 4.74 Å². The maximum absolute atomic E-state index is 9.80. The maximum Gasteiger partial charge on any atom is 0.0730 e. The van der Waals surface area contributed by atoms with Crippen LogP contribution in [0.2, 0.25) is 0 Å². The minimum Gasteiger partial charge on any atom is -0.392 e. The van der Waals surface area contributed by atoms with Crippen LogP contribution in [0.15, 0.2) is 30.3 Å². The van der Waals surface area contributed by atoms with Crippen LogP contribution < -0.4 is 0 Å². The molecule has 3 nitrogen and oxygen atoms in total. The minimum absolute atomic E-state index is 0.271. The van der Waals surface area contributed by atoms with Gasteiger partial charge < -0.3 is 9.84 Å². The zero-order chi connectivity index (χ0) is 17.2. The molecule has 0 unspecified atom stereocenters. The lowest BCUT2D eigenvalue weighted by atomic mass is 10.0. The van der Waals surface area contributed by atoms with Crippen molar-refractivity contribution in [1.82, 2.24) is 4.90 Å². The second-order valence-corrected chi connectivity index (χ2v) is 7.14. The number of benzene rings is 1. The molecule has 0 aliphatic heterocycles. The zero-order valence-corrected chi connectivity index (χ0v) is 15.5. The first-order valence-corrected chi connectivity index (χ1v) is 9.78. The number of hydrogen-bond acceptors (Lipinski definition) is 3. The van der Waals surface area contributed by atoms with E-state index in [1.165, 1.54) is 31.2 Å². The van der Waals surface area contributed by atoms with Crippen molar-refractivity contribution < 1.29 is 9.84 Å². The van der Waals surface area contributed by atoms with Crippen LogP contribution in [-0.4, -0.2) is 48.0 Å². The van der Waals surface area contributed by atoms with Gasteiger partial charge in [0.1, 0.15) is 0 Å². The number of likely N-dealkylation sites (N-methyl/N-ethyl adjacent to an activating group) is 1. The monoisotopic (exact) mass is 333 g/mol. The highest BCUT2D eigenvalue weighted by Crippen LogP contribution is 2.25. The van der Waals surface area contributed by atoms with Crippen LogP contribution in [0, 0.1) is 0 Å². The summed E-state index contributed by atoms with van der Waals surface area (Å²) in [7, 11) is 0. The average molecular weight is 334 g/mol. The first kappa shape index (κ1) is 19.4. The lowest BCUT2D eigenvalue weighted by Gasteiger charge is -2.36. The average Bonchev–Trinajstić information content (AvgIpc) is 2.83. The Balaban J connectivity index is 1.84. The van der Waals surface area contributed by atoms with Gasteiger partial charge in [-0.1, -0.05) is 56.5 Å². The molecule has 0 heterocycles. The summed E-state index contributed by atoms with van der Waals surface area (Å²) in [4.78, 5) is 2.43. The van der Waals surface area contributed by atoms with Gasteiger partial charge in [-0.2, -0.15) is 0 Å². The molecule has 3 atom stereocenters. The van der Waals surface area contributed by atoms with Gasteiger partial charge in [0, 0.05) is 19.2 Å². The SMILES string of the molecule is CCN(C[C@@H](C)O)[C@@H]1CCCCC[C@H]1OCCCc1ccccc1. The molecule has 0 spiro atoms. The number of nitrogens with zero attached hydrogens (tertiary/aromatic N) is 1. The summed E-state index contributed by atoms with van der Waals surface area (Å²) in [5, 5.41) is 9.80. The first-order valence-electron chi connectivity index (χ1n) is 9.78. The van der Waals surface area contributed by atoms with E-state index in [1.54, 1.807) is 0 Å². The molecular weight excluding hydrogens is 298 g/mol. The maximum atomic E-state index is 9.80. The van der Waals surface area contributed by atoms with Crippen molar-refractivity contribution in [1.29, 1.82) is 0 Å². The van der Waals surface area contributed by atoms with Crippen molar-refractivity contribution in [2.24, 2.45) is 0 Å². The van der Waals surface area contributed by atoms with Gasteiger partial charge >= 0.3 is 0 Å². The summed E-state index contributed by atoms with van der Waals surface area (Å²) in [6, 6.07) is 11.1. The summed E-state index contributed by atoms with van der Waals surface area (Å²) in [6.45, 7) is 6.65. The molecule has 0 aromatic heterocycles. The summed E-state index contributed by atoms with van der Waals surface area (Å²) in [6.07, 6.45) is 8.44. The Kier molecular flexibility index (Phi) is 8.79. The Morgan fingerprint density at radius 1 is 1.17 bits per heavy atom. The summed E-state index contributed by atoms with van der Waals surface area (Å²) < 4.78 is 6.34. The Hall–Kier alpha value is -0.900. The van der Waals surface area contributed by atoms with Crippen LogP contribution in [0.5, 0.6) is 0 Å². The van der Waals surface area contributed by atoms with Gasteiger partial charge in [-0.3, -0.25) is 4.90 Å². The van der Waals surface area contributed by atoms with Crippen molar-refractivity contribution in [2.45, 2.75) is 77.0 Å². The Morgan fingerprint density at radius 3 is 2.62 bits per heavy atom. The van der Waals surface area contributed by atoms with Crippen molar-refractivity contribution in [3.05, 3.63) is 35.9 Å².